The van der Waals surface area contributed by atoms with Crippen molar-refractivity contribution in [3.05, 3.63) is 53.4 Å². The van der Waals surface area contributed by atoms with Crippen LogP contribution in [-0.2, 0) is 6.61 Å². The molecule has 0 N–H and O–H groups in total. The number of fused-ring (bicyclic) bond motifs is 1. The van der Waals surface area contributed by atoms with Gasteiger partial charge >= 0.3 is 0 Å². The Balaban J connectivity index is 1.46. The summed E-state index contributed by atoms with van der Waals surface area (Å²) in [6.45, 7) is 1.59. The quantitative estimate of drug-likeness (QED) is 0.698. The van der Waals surface area contributed by atoms with Crippen molar-refractivity contribution in [3.8, 4) is 28.7 Å². The van der Waals surface area contributed by atoms with Crippen LogP contribution in [0.5, 0.6) is 17.2 Å². The third-order valence-electron chi connectivity index (χ3n) is 3.73. The lowest BCUT2D eigenvalue weighted by Crippen LogP contribution is -1.98. The van der Waals surface area contributed by atoms with Crippen LogP contribution in [0.2, 0.25) is 5.02 Å². The number of halogens is 1. The SMILES string of the molecule is Clc1cc(COc2ccc(-c3nnco3)cc2)cc2c1OCCCO2. The molecule has 0 radical (unpaired) electrons. The molecule has 128 valence electrons. The summed E-state index contributed by atoms with van der Waals surface area (Å²) >= 11 is 6.30. The number of benzene rings is 2. The minimum atomic E-state index is 0.371. The van der Waals surface area contributed by atoms with E-state index in [-0.39, 0.29) is 0 Å². The van der Waals surface area contributed by atoms with Crippen LogP contribution in [0, 0.1) is 0 Å². The van der Waals surface area contributed by atoms with Gasteiger partial charge in [0, 0.05) is 12.0 Å². The third-order valence-corrected chi connectivity index (χ3v) is 4.01. The number of ether oxygens (including phenoxy) is 3. The van der Waals surface area contributed by atoms with Crippen LogP contribution in [0.15, 0.2) is 47.2 Å². The van der Waals surface area contributed by atoms with Gasteiger partial charge in [-0.2, -0.15) is 0 Å². The van der Waals surface area contributed by atoms with Gasteiger partial charge in [0.15, 0.2) is 11.5 Å². The number of aromatic nitrogens is 2. The maximum absolute atomic E-state index is 6.30. The predicted octanol–water partition coefficient (Wildman–Crippen LogP) is 4.13. The predicted molar refractivity (Wildman–Crippen MR) is 91.1 cm³/mol. The molecule has 3 aromatic rings. The zero-order valence-corrected chi connectivity index (χ0v) is 14.0. The first-order valence-corrected chi connectivity index (χ1v) is 8.25. The summed E-state index contributed by atoms with van der Waals surface area (Å²) in [4.78, 5) is 0. The zero-order valence-electron chi connectivity index (χ0n) is 13.3. The van der Waals surface area contributed by atoms with E-state index in [4.69, 9.17) is 30.2 Å². The van der Waals surface area contributed by atoms with Crippen molar-refractivity contribution in [2.45, 2.75) is 13.0 Å². The van der Waals surface area contributed by atoms with E-state index >= 15 is 0 Å². The van der Waals surface area contributed by atoms with Crippen molar-refractivity contribution in [2.75, 3.05) is 13.2 Å². The molecule has 0 aliphatic carbocycles. The first-order valence-electron chi connectivity index (χ1n) is 7.87. The molecule has 0 saturated carbocycles. The smallest absolute Gasteiger partial charge is 0.247 e. The Morgan fingerprint density at radius 3 is 2.72 bits per heavy atom. The van der Waals surface area contributed by atoms with Crippen molar-refractivity contribution in [1.29, 1.82) is 0 Å². The highest BCUT2D eigenvalue weighted by Gasteiger charge is 2.15. The van der Waals surface area contributed by atoms with E-state index in [2.05, 4.69) is 10.2 Å². The minimum absolute atomic E-state index is 0.371. The van der Waals surface area contributed by atoms with Gasteiger partial charge in [-0.1, -0.05) is 11.6 Å². The molecule has 0 bridgehead atoms. The van der Waals surface area contributed by atoms with E-state index in [0.29, 0.717) is 42.2 Å². The normalized spacial score (nSPS) is 13.3. The van der Waals surface area contributed by atoms with Gasteiger partial charge in [0.1, 0.15) is 12.4 Å². The van der Waals surface area contributed by atoms with E-state index in [0.717, 1.165) is 23.3 Å². The summed E-state index contributed by atoms with van der Waals surface area (Å²) in [6.07, 6.45) is 2.14. The Hall–Kier alpha value is -2.73. The van der Waals surface area contributed by atoms with Gasteiger partial charge in [0.25, 0.3) is 0 Å². The van der Waals surface area contributed by atoms with Crippen molar-refractivity contribution in [1.82, 2.24) is 10.2 Å². The molecule has 2 aromatic carbocycles. The second kappa shape index (κ2) is 7.03. The molecule has 0 fully saturated rings. The lowest BCUT2D eigenvalue weighted by atomic mass is 10.2. The molecule has 2 heterocycles. The van der Waals surface area contributed by atoms with Crippen molar-refractivity contribution < 1.29 is 18.6 Å². The number of hydrogen-bond donors (Lipinski definition) is 0. The van der Waals surface area contributed by atoms with E-state index in [1.165, 1.54) is 6.39 Å². The summed E-state index contributed by atoms with van der Waals surface area (Å²) in [5.74, 6) is 2.47. The Bertz CT molecular complexity index is 850. The van der Waals surface area contributed by atoms with E-state index < -0.39 is 0 Å². The molecule has 0 amide bonds. The topological polar surface area (TPSA) is 66.6 Å². The molecule has 7 heteroatoms. The summed E-state index contributed by atoms with van der Waals surface area (Å²) in [5.41, 5.74) is 1.75. The molecule has 6 nitrogen and oxygen atoms in total. The monoisotopic (exact) mass is 358 g/mol. The van der Waals surface area contributed by atoms with Crippen LogP contribution in [0.1, 0.15) is 12.0 Å². The largest absolute Gasteiger partial charge is 0.489 e. The fourth-order valence-electron chi connectivity index (χ4n) is 2.53. The summed E-state index contributed by atoms with van der Waals surface area (Å²) in [5, 5.41) is 8.07. The standard InChI is InChI=1S/C18H15ClN2O4/c19-15-8-12(9-16-17(15)23-7-1-6-22-16)10-24-14-4-2-13(3-5-14)18-21-20-11-25-18/h2-5,8-9,11H,1,6-7,10H2. The number of rotatable bonds is 4. The lowest BCUT2D eigenvalue weighted by Gasteiger charge is -2.12. The summed E-state index contributed by atoms with van der Waals surface area (Å²) in [6, 6.07) is 11.2. The Morgan fingerprint density at radius 2 is 1.92 bits per heavy atom. The van der Waals surface area contributed by atoms with Gasteiger partial charge in [-0.05, 0) is 42.0 Å². The van der Waals surface area contributed by atoms with Crippen LogP contribution in [0.4, 0.5) is 0 Å². The van der Waals surface area contributed by atoms with Crippen molar-refractivity contribution in [2.24, 2.45) is 0 Å². The maximum atomic E-state index is 6.30. The maximum Gasteiger partial charge on any atom is 0.247 e. The van der Waals surface area contributed by atoms with E-state index in [1.807, 2.05) is 36.4 Å². The highest BCUT2D eigenvalue weighted by molar-refractivity contribution is 6.32. The average Bonchev–Trinajstić information content (AvgIpc) is 3.06. The van der Waals surface area contributed by atoms with Gasteiger partial charge in [0.05, 0.1) is 18.2 Å². The van der Waals surface area contributed by atoms with Crippen LogP contribution in [0.25, 0.3) is 11.5 Å². The number of nitrogens with zero attached hydrogens (tertiary/aromatic N) is 2. The summed E-state index contributed by atoms with van der Waals surface area (Å²) in [7, 11) is 0. The van der Waals surface area contributed by atoms with Crippen LogP contribution < -0.4 is 14.2 Å². The first-order chi connectivity index (χ1) is 12.3. The van der Waals surface area contributed by atoms with E-state index in [9.17, 15) is 0 Å². The fourth-order valence-corrected chi connectivity index (χ4v) is 2.81. The molecule has 0 spiro atoms. The average molecular weight is 359 g/mol. The third kappa shape index (κ3) is 3.53. The molecule has 25 heavy (non-hydrogen) atoms. The Labute approximate surface area is 149 Å². The van der Waals surface area contributed by atoms with Crippen LogP contribution >= 0.6 is 11.6 Å². The molecule has 1 aromatic heterocycles. The molecule has 1 aliphatic heterocycles. The minimum Gasteiger partial charge on any atom is -0.489 e. The van der Waals surface area contributed by atoms with Gasteiger partial charge in [0.2, 0.25) is 12.3 Å². The van der Waals surface area contributed by atoms with E-state index in [1.54, 1.807) is 0 Å². The second-order valence-corrected chi connectivity index (χ2v) is 5.92. The first kappa shape index (κ1) is 15.8. The lowest BCUT2D eigenvalue weighted by molar-refractivity contribution is 0.295. The molecule has 4 rings (SSSR count). The number of hydrogen-bond acceptors (Lipinski definition) is 6. The molecule has 1 aliphatic rings. The Morgan fingerprint density at radius 1 is 1.08 bits per heavy atom. The Kier molecular flexibility index (Phi) is 4.43. The van der Waals surface area contributed by atoms with Crippen LogP contribution in [-0.4, -0.2) is 23.4 Å². The zero-order chi connectivity index (χ0) is 17.1. The van der Waals surface area contributed by atoms with Gasteiger partial charge in [-0.25, -0.2) is 0 Å². The molecule has 0 unspecified atom stereocenters. The molecule has 0 saturated heterocycles. The molecule has 0 atom stereocenters. The summed E-state index contributed by atoms with van der Waals surface area (Å²) < 4.78 is 22.3. The highest BCUT2D eigenvalue weighted by Crippen LogP contribution is 2.38. The highest BCUT2D eigenvalue weighted by atomic mass is 35.5. The molecular weight excluding hydrogens is 344 g/mol. The van der Waals surface area contributed by atoms with Gasteiger partial charge < -0.3 is 18.6 Å². The van der Waals surface area contributed by atoms with Gasteiger partial charge in [-0.15, -0.1) is 10.2 Å². The van der Waals surface area contributed by atoms with Crippen molar-refractivity contribution >= 4 is 11.6 Å². The fraction of sp³-hybridized carbons (Fsp3) is 0.222. The van der Waals surface area contributed by atoms with Crippen molar-refractivity contribution in [3.63, 3.8) is 0 Å². The van der Waals surface area contributed by atoms with Crippen LogP contribution in [0.3, 0.4) is 0 Å². The second-order valence-electron chi connectivity index (χ2n) is 5.51. The molecular formula is C18H15ClN2O4. The van der Waals surface area contributed by atoms with Gasteiger partial charge in [-0.3, -0.25) is 0 Å².